The molecule has 2 aliphatic rings. The van der Waals surface area contributed by atoms with E-state index < -0.39 is 11.9 Å². The number of halogens is 3. The molecular formula is C19H18F3N5O2. The van der Waals surface area contributed by atoms with Crippen molar-refractivity contribution in [2.45, 2.75) is 25.1 Å². The molecule has 3 aromatic heterocycles. The number of amides is 1. The van der Waals surface area contributed by atoms with Gasteiger partial charge in [-0.2, -0.15) is 18.3 Å². The van der Waals surface area contributed by atoms with Crippen molar-refractivity contribution in [2.75, 3.05) is 26.2 Å². The average Bonchev–Trinajstić information content (AvgIpc) is 3.45. The Hall–Kier alpha value is -2.88. The van der Waals surface area contributed by atoms with Crippen LogP contribution >= 0.6 is 0 Å². The Kier molecular flexibility index (Phi) is 4.12. The van der Waals surface area contributed by atoms with E-state index >= 15 is 0 Å². The molecule has 0 saturated carbocycles. The highest BCUT2D eigenvalue weighted by Crippen LogP contribution is 2.33. The van der Waals surface area contributed by atoms with E-state index in [1.54, 1.807) is 11.0 Å². The number of fused-ring (bicyclic) bond motifs is 2. The smallest absolute Gasteiger partial charge is 0.433 e. The molecule has 29 heavy (non-hydrogen) atoms. The maximum absolute atomic E-state index is 13.6. The van der Waals surface area contributed by atoms with Gasteiger partial charge in [-0.3, -0.25) is 9.69 Å². The average molecular weight is 405 g/mol. The summed E-state index contributed by atoms with van der Waals surface area (Å²) in [5.74, 6) is -0.152. The fourth-order valence-corrected chi connectivity index (χ4v) is 4.21. The number of piperazine rings is 1. The number of aromatic nitrogens is 3. The van der Waals surface area contributed by atoms with Gasteiger partial charge in [0.1, 0.15) is 11.3 Å². The number of alkyl halides is 3. The van der Waals surface area contributed by atoms with Gasteiger partial charge in [0.15, 0.2) is 17.1 Å². The van der Waals surface area contributed by atoms with Gasteiger partial charge in [-0.15, -0.1) is 0 Å². The van der Waals surface area contributed by atoms with Crippen molar-refractivity contribution in [3.05, 3.63) is 41.9 Å². The third-order valence-corrected chi connectivity index (χ3v) is 5.64. The summed E-state index contributed by atoms with van der Waals surface area (Å²) in [6, 6.07) is 4.28. The number of hydrogen-bond donors (Lipinski definition) is 0. The van der Waals surface area contributed by atoms with Crippen molar-refractivity contribution in [1.82, 2.24) is 24.4 Å². The summed E-state index contributed by atoms with van der Waals surface area (Å²) < 4.78 is 46.8. The van der Waals surface area contributed by atoms with Crippen LogP contribution in [-0.2, 0) is 6.18 Å². The zero-order chi connectivity index (χ0) is 20.2. The monoisotopic (exact) mass is 405 g/mol. The first-order valence-corrected chi connectivity index (χ1v) is 9.45. The molecule has 1 atom stereocenters. The Labute approximate surface area is 163 Å². The first kappa shape index (κ1) is 18.2. The quantitative estimate of drug-likeness (QED) is 0.656. The molecule has 152 valence electrons. The van der Waals surface area contributed by atoms with E-state index in [2.05, 4.69) is 15.0 Å². The summed E-state index contributed by atoms with van der Waals surface area (Å²) in [5, 5.41) is 3.84. The van der Waals surface area contributed by atoms with Crippen LogP contribution in [0.3, 0.4) is 0 Å². The maximum Gasteiger partial charge on any atom is 0.433 e. The Bertz CT molecular complexity index is 1060. The Morgan fingerprint density at radius 2 is 2.10 bits per heavy atom. The summed E-state index contributed by atoms with van der Waals surface area (Å²) in [6.07, 6.45) is -0.000728. The first-order valence-electron chi connectivity index (χ1n) is 9.45. The molecule has 1 unspecified atom stereocenters. The van der Waals surface area contributed by atoms with E-state index in [1.807, 2.05) is 0 Å². The van der Waals surface area contributed by atoms with Crippen molar-refractivity contribution in [1.29, 1.82) is 0 Å². The minimum Gasteiger partial charge on any atom is -0.463 e. The molecule has 2 fully saturated rings. The van der Waals surface area contributed by atoms with Crippen LogP contribution in [0.25, 0.3) is 17.1 Å². The number of nitrogens with zero attached hydrogens (tertiary/aromatic N) is 5. The molecule has 10 heteroatoms. The van der Waals surface area contributed by atoms with E-state index in [1.165, 1.54) is 18.5 Å². The normalized spacial score (nSPS) is 20.4. The lowest BCUT2D eigenvalue weighted by molar-refractivity contribution is -0.142. The summed E-state index contributed by atoms with van der Waals surface area (Å²) in [6.45, 7) is 2.91. The van der Waals surface area contributed by atoms with Crippen molar-refractivity contribution in [2.24, 2.45) is 0 Å². The van der Waals surface area contributed by atoms with Crippen molar-refractivity contribution < 1.29 is 22.4 Å². The van der Waals surface area contributed by atoms with Gasteiger partial charge >= 0.3 is 6.18 Å². The predicted molar refractivity (Wildman–Crippen MR) is 96.2 cm³/mol. The number of carbonyl (C=O) groups excluding carboxylic acids is 1. The highest BCUT2D eigenvalue weighted by atomic mass is 19.4. The van der Waals surface area contributed by atoms with Crippen LogP contribution in [0.15, 0.2) is 35.1 Å². The molecule has 0 spiro atoms. The molecule has 2 saturated heterocycles. The SMILES string of the molecule is O=C(c1cnn2c(C(F)(F)F)cc(-c3ccco3)nc12)N1CCN2CCCC2C1. The zero-order valence-corrected chi connectivity index (χ0v) is 15.4. The van der Waals surface area contributed by atoms with Gasteiger partial charge in [0, 0.05) is 25.7 Å². The minimum absolute atomic E-state index is 0.00462. The van der Waals surface area contributed by atoms with Gasteiger partial charge in [0.05, 0.1) is 12.5 Å². The standard InChI is InChI=1S/C19H18F3N5O2/c20-19(21,22)16-9-14(15-4-2-8-29-15)24-17-13(10-23-27(16)17)18(28)26-7-6-25-5-1-3-12(25)11-26/h2,4,8-10,12H,1,3,5-7,11H2. The lowest BCUT2D eigenvalue weighted by Crippen LogP contribution is -2.52. The largest absolute Gasteiger partial charge is 0.463 e. The first-order chi connectivity index (χ1) is 13.9. The van der Waals surface area contributed by atoms with Crippen molar-refractivity contribution in [3.63, 3.8) is 0 Å². The Morgan fingerprint density at radius 3 is 2.86 bits per heavy atom. The molecule has 7 nitrogen and oxygen atoms in total. The van der Waals surface area contributed by atoms with Gasteiger partial charge in [0.25, 0.3) is 5.91 Å². The van der Waals surface area contributed by atoms with Gasteiger partial charge in [0.2, 0.25) is 0 Å². The van der Waals surface area contributed by atoms with Crippen LogP contribution in [-0.4, -0.2) is 62.5 Å². The number of carbonyl (C=O) groups is 1. The van der Waals surface area contributed by atoms with Gasteiger partial charge in [-0.05, 0) is 37.6 Å². The summed E-state index contributed by atoms with van der Waals surface area (Å²) in [5.41, 5.74) is -1.06. The molecule has 5 rings (SSSR count). The van der Waals surface area contributed by atoms with E-state index in [9.17, 15) is 18.0 Å². The van der Waals surface area contributed by atoms with E-state index in [0.717, 1.165) is 32.0 Å². The molecule has 5 heterocycles. The lowest BCUT2D eigenvalue weighted by atomic mass is 10.1. The fourth-order valence-electron chi connectivity index (χ4n) is 4.21. The van der Waals surface area contributed by atoms with Gasteiger partial charge < -0.3 is 9.32 Å². The van der Waals surface area contributed by atoms with Crippen LogP contribution < -0.4 is 0 Å². The minimum atomic E-state index is -4.66. The summed E-state index contributed by atoms with van der Waals surface area (Å²) in [4.78, 5) is 21.5. The molecule has 0 aromatic carbocycles. The van der Waals surface area contributed by atoms with Gasteiger partial charge in [-0.25, -0.2) is 9.50 Å². The molecule has 2 aliphatic heterocycles. The lowest BCUT2D eigenvalue weighted by Gasteiger charge is -2.37. The van der Waals surface area contributed by atoms with E-state index in [-0.39, 0.29) is 28.6 Å². The number of hydrogen-bond acceptors (Lipinski definition) is 5. The molecule has 0 N–H and O–H groups in total. The highest BCUT2D eigenvalue weighted by molar-refractivity contribution is 6.00. The third kappa shape index (κ3) is 3.07. The summed E-state index contributed by atoms with van der Waals surface area (Å²) >= 11 is 0. The maximum atomic E-state index is 13.6. The molecule has 1 amide bonds. The number of rotatable bonds is 2. The van der Waals surface area contributed by atoms with Crippen molar-refractivity contribution in [3.8, 4) is 11.5 Å². The molecular weight excluding hydrogens is 387 g/mol. The summed E-state index contributed by atoms with van der Waals surface area (Å²) in [7, 11) is 0. The topological polar surface area (TPSA) is 66.9 Å². The second-order valence-electron chi connectivity index (χ2n) is 7.38. The van der Waals surface area contributed by atoms with Crippen LogP contribution in [0.5, 0.6) is 0 Å². The number of furan rings is 1. The highest BCUT2D eigenvalue weighted by Gasteiger charge is 2.38. The Balaban J connectivity index is 1.57. The zero-order valence-electron chi connectivity index (χ0n) is 15.4. The van der Waals surface area contributed by atoms with Crippen LogP contribution in [0.2, 0.25) is 0 Å². The molecule has 3 aromatic rings. The fraction of sp³-hybridized carbons (Fsp3) is 0.421. The Morgan fingerprint density at radius 1 is 1.24 bits per heavy atom. The third-order valence-electron chi connectivity index (χ3n) is 5.64. The second-order valence-corrected chi connectivity index (χ2v) is 7.38. The predicted octanol–water partition coefficient (Wildman–Crippen LogP) is 2.93. The van der Waals surface area contributed by atoms with Gasteiger partial charge in [-0.1, -0.05) is 0 Å². The second kappa shape index (κ2) is 6.58. The van der Waals surface area contributed by atoms with Crippen LogP contribution in [0, 0.1) is 0 Å². The van der Waals surface area contributed by atoms with Crippen LogP contribution in [0.1, 0.15) is 28.9 Å². The molecule has 0 aliphatic carbocycles. The van der Waals surface area contributed by atoms with E-state index in [4.69, 9.17) is 4.42 Å². The molecule has 0 radical (unpaired) electrons. The van der Waals surface area contributed by atoms with Crippen LogP contribution in [0.4, 0.5) is 13.2 Å². The van der Waals surface area contributed by atoms with E-state index in [0.29, 0.717) is 23.6 Å². The molecule has 0 bridgehead atoms. The van der Waals surface area contributed by atoms with Crippen molar-refractivity contribution >= 4 is 11.6 Å².